The average Bonchev–Trinajstić information content (AvgIpc) is 2.85. The monoisotopic (exact) mass is 520 g/mol. The Labute approximate surface area is 237 Å². The third-order valence-corrected chi connectivity index (χ3v) is 5.85. The predicted octanol–water partition coefficient (Wildman–Crippen LogP) is 1.97. The maximum Gasteiger partial charge on any atom is 1.00 e. The van der Waals surface area contributed by atoms with Crippen molar-refractivity contribution in [3.63, 3.8) is 0 Å². The van der Waals surface area contributed by atoms with E-state index in [0.717, 1.165) is 5.56 Å². The van der Waals surface area contributed by atoms with Crippen molar-refractivity contribution in [2.45, 2.75) is 25.7 Å². The maximum absolute atomic E-state index is 12.5. The van der Waals surface area contributed by atoms with Gasteiger partial charge in [-0.25, -0.2) is 4.98 Å². The average molecular weight is 521 g/mol. The van der Waals surface area contributed by atoms with Gasteiger partial charge in [-0.3, -0.25) is 9.59 Å². The van der Waals surface area contributed by atoms with Crippen molar-refractivity contribution in [2.75, 3.05) is 19.8 Å². The zero-order chi connectivity index (χ0) is 24.8. The molecule has 0 aliphatic carbocycles. The summed E-state index contributed by atoms with van der Waals surface area (Å²) in [6.45, 7) is 3.17. The number of hydrogen-bond donors (Lipinski definition) is 2. The van der Waals surface area contributed by atoms with Crippen molar-refractivity contribution in [3.8, 4) is 23.1 Å². The standard InChI is InChI=1S/C26H25ClN2O6.Na.H/c1-2-33-25-17(4-3-11-29-25)9-12-28-24(30)16-5-7-18(8-6-16)35-23-15-22-20(14-21(23)27)19(26(31)32)10-13-34-22;;/h3-8,11,14-15,19H,2,9-10,12-13H2,1H3,(H,28,30)(H,31,32);;/q;+1;-1. The van der Waals surface area contributed by atoms with Crippen molar-refractivity contribution >= 4 is 23.5 Å². The molecule has 8 nitrogen and oxygen atoms in total. The maximum atomic E-state index is 12.5. The zero-order valence-corrected chi connectivity index (χ0v) is 22.9. The molecule has 0 bridgehead atoms. The van der Waals surface area contributed by atoms with E-state index >= 15 is 0 Å². The van der Waals surface area contributed by atoms with Gasteiger partial charge in [0, 0.05) is 35.5 Å². The number of halogens is 1. The summed E-state index contributed by atoms with van der Waals surface area (Å²) in [6.07, 6.45) is 2.66. The molecule has 0 radical (unpaired) electrons. The topological polar surface area (TPSA) is 107 Å². The Bertz CT molecular complexity index is 1230. The predicted molar refractivity (Wildman–Crippen MR) is 131 cm³/mol. The molecule has 36 heavy (non-hydrogen) atoms. The van der Waals surface area contributed by atoms with Crippen LogP contribution >= 0.6 is 11.6 Å². The molecular weight excluding hydrogens is 495 g/mol. The van der Waals surface area contributed by atoms with Gasteiger partial charge in [-0.15, -0.1) is 0 Å². The number of carboxylic acids is 1. The fraction of sp³-hybridized carbons (Fsp3) is 0.269. The first-order valence-corrected chi connectivity index (χ1v) is 11.7. The minimum Gasteiger partial charge on any atom is -1.00 e. The van der Waals surface area contributed by atoms with E-state index in [1.165, 1.54) is 0 Å². The molecule has 2 heterocycles. The van der Waals surface area contributed by atoms with Gasteiger partial charge >= 0.3 is 35.5 Å². The summed E-state index contributed by atoms with van der Waals surface area (Å²) >= 11 is 6.35. The number of aliphatic carboxylic acids is 1. The summed E-state index contributed by atoms with van der Waals surface area (Å²) in [7, 11) is 0. The van der Waals surface area contributed by atoms with Crippen LogP contribution in [0.25, 0.3) is 0 Å². The fourth-order valence-corrected chi connectivity index (χ4v) is 4.03. The number of nitrogens with zero attached hydrogens (tertiary/aromatic N) is 1. The number of ether oxygens (including phenoxy) is 3. The third-order valence-electron chi connectivity index (χ3n) is 5.56. The smallest absolute Gasteiger partial charge is 1.00 e. The molecule has 0 saturated heterocycles. The van der Waals surface area contributed by atoms with E-state index < -0.39 is 11.9 Å². The van der Waals surface area contributed by atoms with Crippen molar-refractivity contribution in [1.82, 2.24) is 10.3 Å². The summed E-state index contributed by atoms with van der Waals surface area (Å²) in [4.78, 5) is 28.2. The van der Waals surface area contributed by atoms with Crippen molar-refractivity contribution in [2.24, 2.45) is 0 Å². The van der Waals surface area contributed by atoms with Gasteiger partial charge in [0.15, 0.2) is 0 Å². The fourth-order valence-electron chi connectivity index (χ4n) is 3.82. The Morgan fingerprint density at radius 2 is 2.03 bits per heavy atom. The number of fused-ring (bicyclic) bond motifs is 1. The largest absolute Gasteiger partial charge is 1.00 e. The van der Waals surface area contributed by atoms with Crippen LogP contribution in [0.15, 0.2) is 54.7 Å². The molecule has 184 valence electrons. The molecule has 1 unspecified atom stereocenters. The molecule has 1 atom stereocenters. The summed E-state index contributed by atoms with van der Waals surface area (Å²) in [5.74, 6) is 0.0604. The van der Waals surface area contributed by atoms with Crippen LogP contribution in [0.1, 0.15) is 42.2 Å². The molecule has 1 aromatic heterocycles. The van der Waals surface area contributed by atoms with Crippen LogP contribution in [-0.4, -0.2) is 41.7 Å². The first-order chi connectivity index (χ1) is 17.0. The number of hydrogen-bond acceptors (Lipinski definition) is 6. The van der Waals surface area contributed by atoms with E-state index in [1.807, 2.05) is 19.1 Å². The molecule has 10 heteroatoms. The van der Waals surface area contributed by atoms with Crippen LogP contribution < -0.4 is 49.1 Å². The number of carboxylic acid groups (broad SMARTS) is 1. The number of benzene rings is 2. The Kier molecular flexibility index (Phi) is 10.0. The van der Waals surface area contributed by atoms with Gasteiger partial charge in [0.25, 0.3) is 5.91 Å². The van der Waals surface area contributed by atoms with Crippen LogP contribution in [0.4, 0.5) is 0 Å². The molecule has 1 aliphatic heterocycles. The van der Waals surface area contributed by atoms with E-state index in [4.69, 9.17) is 25.8 Å². The number of aromatic nitrogens is 1. The second-order valence-corrected chi connectivity index (χ2v) is 8.29. The Balaban J connectivity index is 0.00000241. The Morgan fingerprint density at radius 3 is 2.75 bits per heavy atom. The van der Waals surface area contributed by atoms with E-state index in [1.54, 1.807) is 42.6 Å². The second kappa shape index (κ2) is 13.0. The molecule has 2 N–H and O–H groups in total. The van der Waals surface area contributed by atoms with E-state index in [9.17, 15) is 14.7 Å². The van der Waals surface area contributed by atoms with Crippen LogP contribution in [0.2, 0.25) is 5.02 Å². The van der Waals surface area contributed by atoms with E-state index in [0.29, 0.717) is 66.9 Å². The normalized spacial score (nSPS) is 14.0. The van der Waals surface area contributed by atoms with E-state index in [-0.39, 0.29) is 41.9 Å². The number of amides is 1. The van der Waals surface area contributed by atoms with Crippen LogP contribution in [0.3, 0.4) is 0 Å². The van der Waals surface area contributed by atoms with Crippen molar-refractivity contribution < 1.29 is 59.9 Å². The zero-order valence-electron chi connectivity index (χ0n) is 21.1. The van der Waals surface area contributed by atoms with Gasteiger partial charge in [-0.2, -0.15) is 0 Å². The molecule has 0 fully saturated rings. The van der Waals surface area contributed by atoms with E-state index in [2.05, 4.69) is 10.3 Å². The minimum atomic E-state index is -0.914. The summed E-state index contributed by atoms with van der Waals surface area (Å²) in [5.41, 5.74) is 1.95. The van der Waals surface area contributed by atoms with Crippen LogP contribution in [0.5, 0.6) is 23.1 Å². The first kappa shape index (κ1) is 27.8. The van der Waals surface area contributed by atoms with Gasteiger partial charge in [0.1, 0.15) is 17.2 Å². The molecule has 0 saturated carbocycles. The number of carbonyl (C=O) groups excluding carboxylic acids is 1. The molecule has 4 rings (SSSR count). The number of pyridine rings is 1. The number of carbonyl (C=O) groups is 2. The quantitative estimate of drug-likeness (QED) is 0.415. The summed E-state index contributed by atoms with van der Waals surface area (Å²) < 4.78 is 17.0. The van der Waals surface area contributed by atoms with Gasteiger partial charge in [-0.05, 0) is 56.2 Å². The third kappa shape index (κ3) is 6.70. The van der Waals surface area contributed by atoms with Gasteiger partial charge in [0.05, 0.1) is 24.2 Å². The van der Waals surface area contributed by atoms with Crippen LogP contribution in [-0.2, 0) is 11.2 Å². The summed E-state index contributed by atoms with van der Waals surface area (Å²) in [5, 5.41) is 12.6. The molecule has 0 spiro atoms. The molecule has 3 aromatic rings. The summed E-state index contributed by atoms with van der Waals surface area (Å²) in [6, 6.07) is 13.6. The molecule has 1 aliphatic rings. The first-order valence-electron chi connectivity index (χ1n) is 11.3. The van der Waals surface area contributed by atoms with Gasteiger partial charge in [-0.1, -0.05) is 17.7 Å². The molecule has 2 aromatic carbocycles. The van der Waals surface area contributed by atoms with Gasteiger partial charge < -0.3 is 26.1 Å². The Hall–Kier alpha value is -2.78. The van der Waals surface area contributed by atoms with Gasteiger partial charge in [0.2, 0.25) is 5.88 Å². The molecule has 1 amide bonds. The Morgan fingerprint density at radius 1 is 1.25 bits per heavy atom. The number of rotatable bonds is 9. The SMILES string of the molecule is CCOc1ncccc1CCNC(=O)c1ccc(Oc2cc3c(cc2Cl)C(C(=O)O)CCO3)cc1.[H-].[Na+]. The van der Waals surface area contributed by atoms with Crippen molar-refractivity contribution in [3.05, 3.63) is 76.4 Å². The number of nitrogens with one attached hydrogen (secondary N) is 1. The van der Waals surface area contributed by atoms with Crippen molar-refractivity contribution in [1.29, 1.82) is 0 Å². The molecular formula is C26H26ClN2NaO6. The van der Waals surface area contributed by atoms with Crippen LogP contribution in [0, 0.1) is 0 Å². The second-order valence-electron chi connectivity index (χ2n) is 7.88. The minimum absolute atomic E-state index is 0.